The highest BCUT2D eigenvalue weighted by Gasteiger charge is 2.16. The van der Waals surface area contributed by atoms with E-state index in [1.807, 2.05) is 35.0 Å². The number of nitrogens with one attached hydrogen (secondary N) is 2. The fourth-order valence-corrected chi connectivity index (χ4v) is 3.15. The maximum atomic E-state index is 5.51. The molecule has 0 saturated carbocycles. The predicted octanol–water partition coefficient (Wildman–Crippen LogP) is 1.53. The first-order chi connectivity index (χ1) is 13.4. The summed E-state index contributed by atoms with van der Waals surface area (Å²) in [5.41, 5.74) is 3.01. The molecule has 10 heteroatoms. The lowest BCUT2D eigenvalue weighted by Gasteiger charge is -2.07. The Labute approximate surface area is 154 Å². The molecule has 1 aliphatic rings. The number of H-pyrrole nitrogens is 1. The van der Waals surface area contributed by atoms with Gasteiger partial charge in [0.15, 0.2) is 5.82 Å². The van der Waals surface area contributed by atoms with Gasteiger partial charge in [0.25, 0.3) is 0 Å². The summed E-state index contributed by atoms with van der Waals surface area (Å²) in [7, 11) is 0. The Morgan fingerprint density at radius 2 is 2.07 bits per heavy atom. The molecule has 4 heterocycles. The number of nitrogens with zero attached hydrogens (tertiary/aromatic N) is 7. The van der Waals surface area contributed by atoms with Crippen LogP contribution in [0.15, 0.2) is 42.7 Å². The van der Waals surface area contributed by atoms with Crippen molar-refractivity contribution in [3.63, 3.8) is 0 Å². The van der Waals surface area contributed by atoms with Gasteiger partial charge >= 0.3 is 6.01 Å². The summed E-state index contributed by atoms with van der Waals surface area (Å²) < 4.78 is 9.58. The molecule has 0 atom stereocenters. The third-order valence-corrected chi connectivity index (χ3v) is 4.41. The number of rotatable bonds is 4. The van der Waals surface area contributed by atoms with E-state index in [0.29, 0.717) is 5.75 Å². The van der Waals surface area contributed by atoms with Gasteiger partial charge in [-0.2, -0.15) is 10.3 Å². The topological polar surface area (TPSA) is 111 Å². The highest BCUT2D eigenvalue weighted by Crippen LogP contribution is 2.24. The van der Waals surface area contributed by atoms with Crippen molar-refractivity contribution in [2.45, 2.75) is 19.5 Å². The molecule has 0 aliphatic carbocycles. The molecule has 4 aromatic rings. The Morgan fingerprint density at radius 1 is 1.15 bits per heavy atom. The standard InChI is InChI=1S/C17H17N9O/c1-6-18-11-13-10-15(22-26(13)8-1)16-19-7-9-25(16)12-2-4-14(5-3-12)27-17-20-23-24-21-17/h2-5,7,9-10,18H,1,6,8,11H2,(H,20,21,23,24). The lowest BCUT2D eigenvalue weighted by Crippen LogP contribution is -2.11. The quantitative estimate of drug-likeness (QED) is 0.565. The van der Waals surface area contributed by atoms with Crippen LogP contribution in [-0.2, 0) is 13.1 Å². The van der Waals surface area contributed by atoms with Crippen molar-refractivity contribution in [1.29, 1.82) is 0 Å². The molecule has 136 valence electrons. The summed E-state index contributed by atoms with van der Waals surface area (Å²) in [4.78, 5) is 4.52. The fourth-order valence-electron chi connectivity index (χ4n) is 3.15. The Hall–Kier alpha value is -3.53. The van der Waals surface area contributed by atoms with E-state index in [0.717, 1.165) is 43.3 Å². The summed E-state index contributed by atoms with van der Waals surface area (Å²) in [5, 5.41) is 21.5. The lowest BCUT2D eigenvalue weighted by atomic mass is 10.3. The highest BCUT2D eigenvalue weighted by molar-refractivity contribution is 5.55. The van der Waals surface area contributed by atoms with Crippen LogP contribution in [0, 0.1) is 0 Å². The molecule has 0 saturated heterocycles. The largest absolute Gasteiger partial charge is 0.422 e. The molecule has 5 rings (SSSR count). The molecule has 10 nitrogen and oxygen atoms in total. The van der Waals surface area contributed by atoms with Crippen LogP contribution in [0.2, 0.25) is 0 Å². The van der Waals surface area contributed by atoms with Crippen LogP contribution in [0.3, 0.4) is 0 Å². The van der Waals surface area contributed by atoms with Crippen molar-refractivity contribution >= 4 is 0 Å². The minimum atomic E-state index is 0.180. The third-order valence-electron chi connectivity index (χ3n) is 4.41. The van der Waals surface area contributed by atoms with Gasteiger partial charge in [-0.05, 0) is 48.5 Å². The van der Waals surface area contributed by atoms with Gasteiger partial charge in [0.2, 0.25) is 0 Å². The zero-order valence-corrected chi connectivity index (χ0v) is 14.4. The molecular formula is C17H17N9O. The number of benzene rings is 1. The molecule has 0 fully saturated rings. The first-order valence-electron chi connectivity index (χ1n) is 8.70. The number of ether oxygens (including phenoxy) is 1. The molecule has 3 aromatic heterocycles. The van der Waals surface area contributed by atoms with Gasteiger partial charge in [0, 0.05) is 31.2 Å². The maximum Gasteiger partial charge on any atom is 0.361 e. The lowest BCUT2D eigenvalue weighted by molar-refractivity contribution is 0.442. The van der Waals surface area contributed by atoms with E-state index < -0.39 is 0 Å². The van der Waals surface area contributed by atoms with Gasteiger partial charge < -0.3 is 10.1 Å². The second kappa shape index (κ2) is 6.65. The normalized spacial score (nSPS) is 13.9. The van der Waals surface area contributed by atoms with Crippen molar-refractivity contribution in [1.82, 2.24) is 45.3 Å². The maximum absolute atomic E-state index is 5.51. The molecule has 0 bridgehead atoms. The van der Waals surface area contributed by atoms with Gasteiger partial charge in [-0.15, -0.1) is 0 Å². The number of hydrogen-bond donors (Lipinski definition) is 2. The van der Waals surface area contributed by atoms with E-state index in [1.165, 1.54) is 5.69 Å². The third kappa shape index (κ3) is 3.06. The fraction of sp³-hybridized carbons (Fsp3) is 0.235. The van der Waals surface area contributed by atoms with Crippen LogP contribution in [0.4, 0.5) is 0 Å². The summed E-state index contributed by atoms with van der Waals surface area (Å²) in [5.74, 6) is 1.43. The zero-order valence-electron chi connectivity index (χ0n) is 14.4. The van der Waals surface area contributed by atoms with Crippen molar-refractivity contribution in [2.24, 2.45) is 0 Å². The van der Waals surface area contributed by atoms with Gasteiger partial charge in [-0.25, -0.2) is 4.98 Å². The van der Waals surface area contributed by atoms with Crippen molar-refractivity contribution < 1.29 is 4.74 Å². The minimum absolute atomic E-state index is 0.180. The van der Waals surface area contributed by atoms with Crippen LogP contribution in [0.5, 0.6) is 11.8 Å². The molecule has 0 spiro atoms. The number of fused-ring (bicyclic) bond motifs is 1. The minimum Gasteiger partial charge on any atom is -0.422 e. The number of tetrazole rings is 1. The Morgan fingerprint density at radius 3 is 2.93 bits per heavy atom. The molecule has 1 aliphatic heterocycles. The average Bonchev–Trinajstić information content (AvgIpc) is 3.42. The van der Waals surface area contributed by atoms with Crippen LogP contribution < -0.4 is 10.1 Å². The summed E-state index contributed by atoms with van der Waals surface area (Å²) in [6.45, 7) is 2.77. The van der Waals surface area contributed by atoms with E-state index >= 15 is 0 Å². The summed E-state index contributed by atoms with van der Waals surface area (Å²) in [6.07, 6.45) is 4.78. The molecule has 27 heavy (non-hydrogen) atoms. The average molecular weight is 363 g/mol. The van der Waals surface area contributed by atoms with Gasteiger partial charge in [0.1, 0.15) is 11.4 Å². The van der Waals surface area contributed by atoms with E-state index in [-0.39, 0.29) is 6.01 Å². The van der Waals surface area contributed by atoms with E-state index in [1.54, 1.807) is 6.20 Å². The van der Waals surface area contributed by atoms with Gasteiger partial charge in [-0.1, -0.05) is 10.2 Å². The van der Waals surface area contributed by atoms with Crippen molar-refractivity contribution in [3.05, 3.63) is 48.4 Å². The number of imidazole rings is 1. The molecule has 0 radical (unpaired) electrons. The van der Waals surface area contributed by atoms with Crippen LogP contribution in [0.25, 0.3) is 17.2 Å². The summed E-state index contributed by atoms with van der Waals surface area (Å²) in [6, 6.07) is 9.87. The SMILES string of the molecule is c1cn(-c2ccc(Oc3nn[nH]n3)cc2)c(-c2cc3n(n2)CCCNC3)n1. The highest BCUT2D eigenvalue weighted by atomic mass is 16.5. The Kier molecular flexibility index (Phi) is 3.87. The summed E-state index contributed by atoms with van der Waals surface area (Å²) >= 11 is 0. The van der Waals surface area contributed by atoms with Crippen molar-refractivity contribution in [3.8, 4) is 29.0 Å². The number of hydrogen-bond acceptors (Lipinski definition) is 7. The molecule has 1 aromatic carbocycles. The van der Waals surface area contributed by atoms with Gasteiger partial charge in [0.05, 0.1) is 5.69 Å². The van der Waals surface area contributed by atoms with Crippen LogP contribution in [-0.4, -0.2) is 46.5 Å². The Bertz CT molecular complexity index is 1010. The van der Waals surface area contributed by atoms with E-state index in [9.17, 15) is 0 Å². The van der Waals surface area contributed by atoms with Crippen molar-refractivity contribution in [2.75, 3.05) is 6.54 Å². The second-order valence-electron chi connectivity index (χ2n) is 6.19. The predicted molar refractivity (Wildman–Crippen MR) is 95.4 cm³/mol. The van der Waals surface area contributed by atoms with Gasteiger partial charge in [-0.3, -0.25) is 9.25 Å². The number of aromatic nitrogens is 8. The first-order valence-corrected chi connectivity index (χ1v) is 8.70. The number of aromatic amines is 1. The van der Waals surface area contributed by atoms with E-state index in [2.05, 4.69) is 41.7 Å². The molecule has 2 N–H and O–H groups in total. The number of aryl methyl sites for hydroxylation is 1. The zero-order chi connectivity index (χ0) is 18.1. The molecule has 0 amide bonds. The Balaban J connectivity index is 1.43. The second-order valence-corrected chi connectivity index (χ2v) is 6.19. The molecular weight excluding hydrogens is 346 g/mol. The van der Waals surface area contributed by atoms with Crippen LogP contribution in [0.1, 0.15) is 12.1 Å². The van der Waals surface area contributed by atoms with E-state index in [4.69, 9.17) is 9.84 Å². The smallest absolute Gasteiger partial charge is 0.361 e. The van der Waals surface area contributed by atoms with Crippen LogP contribution >= 0.6 is 0 Å². The monoisotopic (exact) mass is 363 g/mol. The molecule has 0 unspecified atom stereocenters. The first kappa shape index (κ1) is 15.7.